The van der Waals surface area contributed by atoms with Crippen LogP contribution in [0.5, 0.6) is 0 Å². The maximum absolute atomic E-state index is 13.0. The van der Waals surface area contributed by atoms with Gasteiger partial charge in [-0.15, -0.1) is 0 Å². The molecule has 34 heavy (non-hydrogen) atoms. The number of ether oxygens (including phenoxy) is 1. The molecule has 1 heterocycles. The zero-order valence-corrected chi connectivity index (χ0v) is 19.7. The summed E-state index contributed by atoms with van der Waals surface area (Å²) >= 11 is 0. The summed E-state index contributed by atoms with van der Waals surface area (Å²) in [7, 11) is 1.81. The summed E-state index contributed by atoms with van der Waals surface area (Å²) in [5, 5.41) is 7.48. The highest BCUT2D eigenvalue weighted by Gasteiger charge is 2.32. The number of nitrogens with two attached hydrogens (primary N) is 1. The lowest BCUT2D eigenvalue weighted by molar-refractivity contribution is -0.157. The van der Waals surface area contributed by atoms with Crippen molar-refractivity contribution in [1.29, 1.82) is 5.41 Å². The summed E-state index contributed by atoms with van der Waals surface area (Å²) in [6.45, 7) is 0. The van der Waals surface area contributed by atoms with Crippen molar-refractivity contribution in [3.8, 4) is 11.4 Å². The lowest BCUT2D eigenvalue weighted by Crippen LogP contribution is -2.41. The number of hydrogen-bond acceptors (Lipinski definition) is 6. The Hall–Kier alpha value is -3.29. The van der Waals surface area contributed by atoms with Crippen molar-refractivity contribution in [2.45, 2.75) is 69.9 Å². The minimum Gasteiger partial charge on any atom is -0.462 e. The van der Waals surface area contributed by atoms with E-state index in [9.17, 15) is 9.59 Å². The molecule has 1 amide bonds. The Morgan fingerprint density at radius 2 is 1.56 bits per heavy atom. The van der Waals surface area contributed by atoms with E-state index in [0.29, 0.717) is 17.0 Å². The Balaban J connectivity index is 1.30. The molecular formula is C26H33N5O3. The predicted octanol–water partition coefficient (Wildman–Crippen LogP) is 3.93. The van der Waals surface area contributed by atoms with E-state index >= 15 is 0 Å². The third-order valence-electron chi connectivity index (χ3n) is 7.09. The SMILES string of the molecule is CN(C(=O)c1cnc(-c2ccc(C(=N)N)cc2)nc1)[C@H]1CC[C@H](C(=O)OC2CCCCC2)CC1. The largest absolute Gasteiger partial charge is 0.462 e. The first-order valence-corrected chi connectivity index (χ1v) is 12.2. The van der Waals surface area contributed by atoms with Gasteiger partial charge in [-0.2, -0.15) is 0 Å². The number of hydrogen-bond donors (Lipinski definition) is 2. The third kappa shape index (κ3) is 5.61. The van der Waals surface area contributed by atoms with Gasteiger partial charge >= 0.3 is 5.97 Å². The minimum atomic E-state index is -0.119. The Morgan fingerprint density at radius 1 is 0.941 bits per heavy atom. The van der Waals surface area contributed by atoms with E-state index in [1.54, 1.807) is 41.6 Å². The van der Waals surface area contributed by atoms with E-state index in [-0.39, 0.29) is 35.8 Å². The molecule has 0 aliphatic heterocycles. The minimum absolute atomic E-state index is 0.00611. The van der Waals surface area contributed by atoms with Gasteiger partial charge in [-0.3, -0.25) is 15.0 Å². The molecule has 1 aromatic heterocycles. The topological polar surface area (TPSA) is 122 Å². The Bertz CT molecular complexity index is 1010. The van der Waals surface area contributed by atoms with Gasteiger partial charge in [0.15, 0.2) is 5.82 Å². The monoisotopic (exact) mass is 463 g/mol. The fourth-order valence-corrected chi connectivity index (χ4v) is 4.90. The van der Waals surface area contributed by atoms with Crippen LogP contribution in [0.1, 0.15) is 73.7 Å². The first-order chi connectivity index (χ1) is 16.4. The summed E-state index contributed by atoms with van der Waals surface area (Å²) in [5.74, 6) is 0.280. The number of aromatic nitrogens is 2. The molecule has 0 spiro atoms. The smallest absolute Gasteiger partial charge is 0.309 e. The van der Waals surface area contributed by atoms with Crippen LogP contribution in [-0.4, -0.2) is 51.8 Å². The second kappa shape index (κ2) is 10.8. The Labute approximate surface area is 200 Å². The van der Waals surface area contributed by atoms with Gasteiger partial charge in [-0.1, -0.05) is 30.7 Å². The van der Waals surface area contributed by atoms with Gasteiger partial charge in [0.05, 0.1) is 11.5 Å². The number of amides is 1. The number of benzene rings is 1. The maximum Gasteiger partial charge on any atom is 0.309 e. The summed E-state index contributed by atoms with van der Waals surface area (Å²) in [4.78, 5) is 36.0. The molecule has 4 rings (SSSR count). The van der Waals surface area contributed by atoms with Crippen LogP contribution < -0.4 is 5.73 Å². The molecule has 0 unspecified atom stereocenters. The van der Waals surface area contributed by atoms with Crippen LogP contribution in [0.2, 0.25) is 0 Å². The summed E-state index contributed by atoms with van der Waals surface area (Å²) in [6.07, 6.45) is 11.8. The molecule has 8 heteroatoms. The quantitative estimate of drug-likeness (QED) is 0.380. The average Bonchev–Trinajstić information content (AvgIpc) is 2.88. The summed E-state index contributed by atoms with van der Waals surface area (Å²) in [6, 6.07) is 7.18. The molecule has 2 aliphatic rings. The summed E-state index contributed by atoms with van der Waals surface area (Å²) in [5.41, 5.74) is 7.35. The third-order valence-corrected chi connectivity index (χ3v) is 7.09. The van der Waals surface area contributed by atoms with Crippen molar-refractivity contribution in [3.63, 3.8) is 0 Å². The number of rotatable bonds is 6. The summed E-state index contributed by atoms with van der Waals surface area (Å²) < 4.78 is 5.76. The molecule has 0 bridgehead atoms. The van der Waals surface area contributed by atoms with Gasteiger partial charge in [0, 0.05) is 36.6 Å². The number of nitrogens with zero attached hydrogens (tertiary/aromatic N) is 3. The molecule has 0 radical (unpaired) electrons. The highest BCUT2D eigenvalue weighted by molar-refractivity contribution is 5.95. The van der Waals surface area contributed by atoms with E-state index in [4.69, 9.17) is 15.9 Å². The normalized spacial score (nSPS) is 21.0. The zero-order chi connectivity index (χ0) is 24.1. The molecule has 180 valence electrons. The number of nitrogens with one attached hydrogen (secondary N) is 1. The van der Waals surface area contributed by atoms with Gasteiger partial charge in [0.1, 0.15) is 11.9 Å². The molecule has 0 atom stereocenters. The second-order valence-electron chi connectivity index (χ2n) is 9.40. The number of esters is 1. The van der Waals surface area contributed by atoms with E-state index in [0.717, 1.165) is 56.9 Å². The highest BCUT2D eigenvalue weighted by atomic mass is 16.5. The molecule has 2 fully saturated rings. The van der Waals surface area contributed by atoms with Crippen LogP contribution in [0.15, 0.2) is 36.7 Å². The molecule has 1 aromatic carbocycles. The van der Waals surface area contributed by atoms with Crippen LogP contribution >= 0.6 is 0 Å². The van der Waals surface area contributed by atoms with Crippen molar-refractivity contribution in [1.82, 2.24) is 14.9 Å². The lowest BCUT2D eigenvalue weighted by Gasteiger charge is -2.34. The lowest BCUT2D eigenvalue weighted by atomic mass is 9.85. The molecule has 0 saturated heterocycles. The number of amidine groups is 1. The molecule has 3 N–H and O–H groups in total. The van der Waals surface area contributed by atoms with Crippen LogP contribution in [0.3, 0.4) is 0 Å². The Morgan fingerprint density at radius 3 is 2.15 bits per heavy atom. The van der Waals surface area contributed by atoms with E-state index in [1.165, 1.54) is 6.42 Å². The average molecular weight is 464 g/mol. The molecule has 8 nitrogen and oxygen atoms in total. The molecular weight excluding hydrogens is 430 g/mol. The number of carbonyl (C=O) groups is 2. The van der Waals surface area contributed by atoms with Gasteiger partial charge in [0.2, 0.25) is 0 Å². The van der Waals surface area contributed by atoms with Crippen molar-refractivity contribution in [2.24, 2.45) is 11.7 Å². The van der Waals surface area contributed by atoms with E-state index < -0.39 is 0 Å². The number of carbonyl (C=O) groups excluding carboxylic acids is 2. The number of nitrogen functional groups attached to an aromatic ring is 1. The first kappa shape index (κ1) is 23.9. The van der Waals surface area contributed by atoms with Crippen LogP contribution in [-0.2, 0) is 9.53 Å². The van der Waals surface area contributed by atoms with Gasteiger partial charge in [-0.25, -0.2) is 9.97 Å². The highest BCUT2D eigenvalue weighted by Crippen LogP contribution is 2.30. The van der Waals surface area contributed by atoms with E-state index in [1.807, 2.05) is 7.05 Å². The molecule has 2 saturated carbocycles. The van der Waals surface area contributed by atoms with Crippen LogP contribution in [0.4, 0.5) is 0 Å². The second-order valence-corrected chi connectivity index (χ2v) is 9.40. The van der Waals surface area contributed by atoms with Gasteiger partial charge < -0.3 is 15.4 Å². The maximum atomic E-state index is 13.0. The fraction of sp³-hybridized carbons (Fsp3) is 0.500. The standard InChI is InChI=1S/C26H33N5O3/c1-31(21-13-11-19(12-14-21)26(33)34-22-5-3-2-4-6-22)25(32)20-15-29-24(30-16-20)18-9-7-17(8-10-18)23(27)28/h7-10,15-16,19,21-22H,2-6,11-14H2,1H3,(H3,27,28)/t19-,21-. The van der Waals surface area contributed by atoms with Crippen LogP contribution in [0, 0.1) is 11.3 Å². The van der Waals surface area contributed by atoms with E-state index in [2.05, 4.69) is 9.97 Å². The van der Waals surface area contributed by atoms with Crippen molar-refractivity contribution in [3.05, 3.63) is 47.8 Å². The predicted molar refractivity (Wildman–Crippen MR) is 129 cm³/mol. The molecule has 2 aromatic rings. The van der Waals surface area contributed by atoms with Crippen molar-refractivity contribution >= 4 is 17.7 Å². The zero-order valence-electron chi connectivity index (χ0n) is 19.7. The fourth-order valence-electron chi connectivity index (χ4n) is 4.90. The first-order valence-electron chi connectivity index (χ1n) is 12.2. The van der Waals surface area contributed by atoms with Gasteiger partial charge in [-0.05, 0) is 51.4 Å². The van der Waals surface area contributed by atoms with Crippen LogP contribution in [0.25, 0.3) is 11.4 Å². The van der Waals surface area contributed by atoms with Crippen molar-refractivity contribution in [2.75, 3.05) is 7.05 Å². The Kier molecular flexibility index (Phi) is 7.55. The van der Waals surface area contributed by atoms with Gasteiger partial charge in [0.25, 0.3) is 5.91 Å². The van der Waals surface area contributed by atoms with Crippen molar-refractivity contribution < 1.29 is 14.3 Å². The molecule has 2 aliphatic carbocycles.